The number of benzene rings is 1. The standard InChI is InChI=1S/C15H17NO4/c17-14(16-7-3-5-11(9-16)15(18)19)13-8-10-4-1-2-6-12(10)20-13/h1-2,4,6,11,13H,3,5,7-9H2,(H,18,19)/t11-,13?/m1/s1. The summed E-state index contributed by atoms with van der Waals surface area (Å²) in [4.78, 5) is 25.1. The summed E-state index contributed by atoms with van der Waals surface area (Å²) in [6.45, 7) is 0.920. The molecule has 0 bridgehead atoms. The number of piperidine rings is 1. The van der Waals surface area contributed by atoms with Crippen LogP contribution in [-0.2, 0) is 16.0 Å². The number of aliphatic carboxylic acids is 1. The molecule has 0 radical (unpaired) electrons. The molecule has 1 unspecified atom stereocenters. The first-order valence-electron chi connectivity index (χ1n) is 6.91. The summed E-state index contributed by atoms with van der Waals surface area (Å²) < 4.78 is 5.68. The topological polar surface area (TPSA) is 66.8 Å². The fourth-order valence-electron chi connectivity index (χ4n) is 2.90. The second-order valence-corrected chi connectivity index (χ2v) is 5.38. The van der Waals surface area contributed by atoms with Crippen LogP contribution in [-0.4, -0.2) is 41.1 Å². The van der Waals surface area contributed by atoms with Crippen LogP contribution in [0.2, 0.25) is 0 Å². The second-order valence-electron chi connectivity index (χ2n) is 5.38. The number of carbonyl (C=O) groups excluding carboxylic acids is 1. The van der Waals surface area contributed by atoms with E-state index in [2.05, 4.69) is 0 Å². The highest BCUT2D eigenvalue weighted by molar-refractivity contribution is 5.83. The van der Waals surface area contributed by atoms with Crippen LogP contribution in [0.25, 0.3) is 0 Å². The summed E-state index contributed by atoms with van der Waals surface area (Å²) >= 11 is 0. The molecule has 106 valence electrons. The van der Waals surface area contributed by atoms with Gasteiger partial charge in [-0.2, -0.15) is 0 Å². The molecule has 1 aromatic rings. The van der Waals surface area contributed by atoms with Crippen LogP contribution in [0.4, 0.5) is 0 Å². The third kappa shape index (κ3) is 2.35. The molecule has 1 saturated heterocycles. The highest BCUT2D eigenvalue weighted by Gasteiger charge is 2.35. The molecule has 0 aliphatic carbocycles. The van der Waals surface area contributed by atoms with E-state index in [1.807, 2.05) is 24.3 Å². The predicted octanol–water partition coefficient (Wildman–Crippen LogP) is 1.31. The Balaban J connectivity index is 1.67. The number of rotatable bonds is 2. The van der Waals surface area contributed by atoms with Crippen molar-refractivity contribution < 1.29 is 19.4 Å². The van der Waals surface area contributed by atoms with E-state index >= 15 is 0 Å². The normalized spacial score (nSPS) is 24.9. The Morgan fingerprint density at radius 3 is 2.85 bits per heavy atom. The van der Waals surface area contributed by atoms with Gasteiger partial charge in [0.15, 0.2) is 6.10 Å². The molecular weight excluding hydrogens is 258 g/mol. The number of ether oxygens (including phenoxy) is 1. The summed E-state index contributed by atoms with van der Waals surface area (Å²) in [5, 5.41) is 9.08. The molecule has 2 aliphatic rings. The number of likely N-dealkylation sites (tertiary alicyclic amines) is 1. The molecule has 2 atom stereocenters. The summed E-state index contributed by atoms with van der Waals surface area (Å²) in [6, 6.07) is 7.63. The Morgan fingerprint density at radius 1 is 1.30 bits per heavy atom. The Hall–Kier alpha value is -2.04. The van der Waals surface area contributed by atoms with Crippen molar-refractivity contribution in [3.63, 3.8) is 0 Å². The van der Waals surface area contributed by atoms with Crippen LogP contribution in [0.15, 0.2) is 24.3 Å². The maximum atomic E-state index is 12.4. The third-order valence-electron chi connectivity index (χ3n) is 4.00. The lowest BCUT2D eigenvalue weighted by Crippen LogP contribution is -2.47. The number of carboxylic acids is 1. The highest BCUT2D eigenvalue weighted by atomic mass is 16.5. The molecule has 2 heterocycles. The Bertz CT molecular complexity index is 517. The summed E-state index contributed by atoms with van der Waals surface area (Å²) in [6.07, 6.45) is 1.45. The number of hydrogen-bond acceptors (Lipinski definition) is 3. The van der Waals surface area contributed by atoms with Crippen molar-refractivity contribution in [1.82, 2.24) is 4.90 Å². The zero-order valence-electron chi connectivity index (χ0n) is 11.1. The molecule has 20 heavy (non-hydrogen) atoms. The molecular formula is C15H17NO4. The quantitative estimate of drug-likeness (QED) is 0.883. The summed E-state index contributed by atoms with van der Waals surface area (Å²) in [5.74, 6) is -0.598. The van der Waals surface area contributed by atoms with E-state index in [4.69, 9.17) is 9.84 Å². The number of carbonyl (C=O) groups is 2. The fraction of sp³-hybridized carbons (Fsp3) is 0.467. The predicted molar refractivity (Wildman–Crippen MR) is 71.5 cm³/mol. The Kier molecular flexibility index (Phi) is 3.34. The number of hydrogen-bond donors (Lipinski definition) is 1. The van der Waals surface area contributed by atoms with Gasteiger partial charge in [-0.25, -0.2) is 0 Å². The molecule has 0 aromatic heterocycles. The van der Waals surface area contributed by atoms with E-state index in [-0.39, 0.29) is 5.91 Å². The van der Waals surface area contributed by atoms with Gasteiger partial charge in [0, 0.05) is 19.5 Å². The Labute approximate surface area is 117 Å². The van der Waals surface area contributed by atoms with E-state index in [1.54, 1.807) is 4.90 Å². The highest BCUT2D eigenvalue weighted by Crippen LogP contribution is 2.29. The molecule has 1 fully saturated rings. The maximum absolute atomic E-state index is 12.4. The van der Waals surface area contributed by atoms with Gasteiger partial charge >= 0.3 is 5.97 Å². The maximum Gasteiger partial charge on any atom is 0.308 e. The van der Waals surface area contributed by atoms with Crippen molar-refractivity contribution in [2.45, 2.75) is 25.4 Å². The van der Waals surface area contributed by atoms with Crippen molar-refractivity contribution in [3.8, 4) is 5.75 Å². The molecule has 0 saturated carbocycles. The zero-order valence-corrected chi connectivity index (χ0v) is 11.1. The number of fused-ring (bicyclic) bond motifs is 1. The second kappa shape index (κ2) is 5.15. The van der Waals surface area contributed by atoms with Crippen LogP contribution in [0.5, 0.6) is 5.75 Å². The number of para-hydroxylation sites is 1. The van der Waals surface area contributed by atoms with Gasteiger partial charge in [-0.05, 0) is 24.5 Å². The van der Waals surface area contributed by atoms with Crippen molar-refractivity contribution in [2.24, 2.45) is 5.92 Å². The van der Waals surface area contributed by atoms with Gasteiger partial charge in [-0.15, -0.1) is 0 Å². The third-order valence-corrected chi connectivity index (χ3v) is 4.00. The van der Waals surface area contributed by atoms with Crippen molar-refractivity contribution in [2.75, 3.05) is 13.1 Å². The molecule has 5 nitrogen and oxygen atoms in total. The van der Waals surface area contributed by atoms with E-state index in [0.29, 0.717) is 25.9 Å². The monoisotopic (exact) mass is 275 g/mol. The molecule has 2 aliphatic heterocycles. The van der Waals surface area contributed by atoms with Gasteiger partial charge in [-0.1, -0.05) is 18.2 Å². The van der Waals surface area contributed by atoms with Gasteiger partial charge in [-0.3, -0.25) is 9.59 Å². The fourth-order valence-corrected chi connectivity index (χ4v) is 2.90. The average Bonchev–Trinajstić information content (AvgIpc) is 2.90. The molecule has 5 heteroatoms. The van der Waals surface area contributed by atoms with E-state index in [0.717, 1.165) is 17.7 Å². The van der Waals surface area contributed by atoms with Crippen molar-refractivity contribution >= 4 is 11.9 Å². The van der Waals surface area contributed by atoms with Gasteiger partial charge in [0.1, 0.15) is 5.75 Å². The Morgan fingerprint density at radius 2 is 2.10 bits per heavy atom. The van der Waals surface area contributed by atoms with Gasteiger partial charge in [0.05, 0.1) is 5.92 Å². The minimum Gasteiger partial charge on any atom is -0.481 e. The molecule has 0 spiro atoms. The average molecular weight is 275 g/mol. The first-order chi connectivity index (χ1) is 9.65. The molecule has 3 rings (SSSR count). The molecule has 1 N–H and O–H groups in total. The minimum absolute atomic E-state index is 0.0906. The lowest BCUT2D eigenvalue weighted by atomic mass is 9.97. The van der Waals surface area contributed by atoms with Gasteiger partial charge in [0.25, 0.3) is 5.91 Å². The van der Waals surface area contributed by atoms with Crippen LogP contribution >= 0.6 is 0 Å². The largest absolute Gasteiger partial charge is 0.481 e. The first kappa shape index (κ1) is 13.0. The number of amides is 1. The minimum atomic E-state index is -0.821. The van der Waals surface area contributed by atoms with E-state index in [1.165, 1.54) is 0 Å². The lowest BCUT2D eigenvalue weighted by Gasteiger charge is -2.32. The van der Waals surface area contributed by atoms with Gasteiger partial charge < -0.3 is 14.7 Å². The van der Waals surface area contributed by atoms with Crippen molar-refractivity contribution in [1.29, 1.82) is 0 Å². The van der Waals surface area contributed by atoms with Crippen LogP contribution in [0.1, 0.15) is 18.4 Å². The van der Waals surface area contributed by atoms with Crippen LogP contribution in [0.3, 0.4) is 0 Å². The summed E-state index contributed by atoms with van der Waals surface area (Å²) in [5.41, 5.74) is 1.04. The van der Waals surface area contributed by atoms with Gasteiger partial charge in [0.2, 0.25) is 0 Å². The first-order valence-corrected chi connectivity index (χ1v) is 6.91. The molecule has 1 aromatic carbocycles. The van der Waals surface area contributed by atoms with Crippen molar-refractivity contribution in [3.05, 3.63) is 29.8 Å². The molecule has 1 amide bonds. The summed E-state index contributed by atoms with van der Waals surface area (Å²) in [7, 11) is 0. The van der Waals surface area contributed by atoms with Crippen LogP contribution < -0.4 is 4.74 Å². The lowest BCUT2D eigenvalue weighted by molar-refractivity contribution is -0.147. The SMILES string of the molecule is O=C(O)[C@@H]1CCCN(C(=O)C2Cc3ccccc3O2)C1. The van der Waals surface area contributed by atoms with Crippen LogP contribution in [0, 0.1) is 5.92 Å². The number of carboxylic acid groups (broad SMARTS) is 1. The smallest absolute Gasteiger partial charge is 0.308 e. The zero-order chi connectivity index (χ0) is 14.1. The van der Waals surface area contributed by atoms with E-state index in [9.17, 15) is 9.59 Å². The van der Waals surface area contributed by atoms with E-state index < -0.39 is 18.0 Å². The number of nitrogens with zero attached hydrogens (tertiary/aromatic N) is 1.